The number of rotatable bonds is 6. The second-order valence-corrected chi connectivity index (χ2v) is 4.44. The molecule has 0 atom stereocenters. The molecular weight excluding hydrogens is 210 g/mol. The fraction of sp³-hybridized carbons (Fsp3) is 0.467. The monoisotopic (exact) mass is 231 g/mol. The highest BCUT2D eigenvalue weighted by Gasteiger charge is 2.06. The Kier molecular flexibility index (Phi) is 5.61. The summed E-state index contributed by atoms with van der Waals surface area (Å²) in [5, 5.41) is 0. The Labute approximate surface area is 104 Å². The first-order chi connectivity index (χ1) is 8.13. The topological polar surface area (TPSA) is 29.4 Å². The first kappa shape index (κ1) is 13.6. The summed E-state index contributed by atoms with van der Waals surface area (Å²) in [6.45, 7) is 6.93. The van der Waals surface area contributed by atoms with Crippen molar-refractivity contribution in [1.82, 2.24) is 0 Å². The molecule has 0 saturated heterocycles. The Bertz CT molecular complexity index is 390. The molecule has 0 aliphatic heterocycles. The maximum atomic E-state index is 11.9. The van der Waals surface area contributed by atoms with Crippen molar-refractivity contribution in [3.05, 3.63) is 35.4 Å². The average molecular weight is 231 g/mol. The third-order valence-electron chi connectivity index (χ3n) is 2.68. The largest absolute Gasteiger partial charge is 0.294 e. The number of hydrogen-bond donors (Lipinski definition) is 0. The highest BCUT2D eigenvalue weighted by Crippen LogP contribution is 2.07. The zero-order valence-electron chi connectivity index (χ0n) is 11.0. The fourth-order valence-corrected chi connectivity index (χ4v) is 1.56. The van der Waals surface area contributed by atoms with E-state index < -0.39 is 0 Å². The first-order valence-electron chi connectivity index (χ1n) is 6.23. The number of unbranched alkanes of at least 4 members (excludes halogenated alkanes) is 1. The Hall–Kier alpha value is -1.44. The van der Waals surface area contributed by atoms with E-state index in [0.29, 0.717) is 6.42 Å². The van der Waals surface area contributed by atoms with E-state index >= 15 is 0 Å². The van der Waals surface area contributed by atoms with Gasteiger partial charge in [0.15, 0.2) is 5.78 Å². The normalized spacial score (nSPS) is 11.6. The van der Waals surface area contributed by atoms with Gasteiger partial charge < -0.3 is 0 Å². The molecule has 0 unspecified atom stereocenters. The Balaban J connectivity index is 2.54. The van der Waals surface area contributed by atoms with Gasteiger partial charge in [-0.3, -0.25) is 9.79 Å². The van der Waals surface area contributed by atoms with Crippen LogP contribution in [0.2, 0.25) is 0 Å². The minimum absolute atomic E-state index is 0.155. The van der Waals surface area contributed by atoms with Crippen LogP contribution < -0.4 is 0 Å². The third-order valence-corrected chi connectivity index (χ3v) is 2.68. The number of carbonyl (C=O) groups excluding carboxylic acids is 1. The molecule has 1 rings (SSSR count). The number of ketones is 1. The number of aliphatic imine (C=N–C) groups is 1. The molecule has 2 heteroatoms. The van der Waals surface area contributed by atoms with E-state index in [2.05, 4.69) is 11.9 Å². The van der Waals surface area contributed by atoms with Crippen LogP contribution in [0.3, 0.4) is 0 Å². The maximum Gasteiger partial charge on any atom is 0.168 e. The van der Waals surface area contributed by atoms with Crippen molar-refractivity contribution < 1.29 is 4.79 Å². The van der Waals surface area contributed by atoms with Crippen molar-refractivity contribution in [2.75, 3.05) is 6.54 Å². The van der Waals surface area contributed by atoms with E-state index in [9.17, 15) is 4.79 Å². The number of Topliss-reactive ketones (excluding diaryl/α,β-unsaturated/α-hetero) is 1. The van der Waals surface area contributed by atoms with Crippen LogP contribution in [0.15, 0.2) is 29.3 Å². The molecule has 0 aliphatic rings. The van der Waals surface area contributed by atoms with Gasteiger partial charge in [0, 0.05) is 24.2 Å². The van der Waals surface area contributed by atoms with Gasteiger partial charge in [-0.15, -0.1) is 0 Å². The van der Waals surface area contributed by atoms with Crippen LogP contribution in [0.1, 0.15) is 49.0 Å². The molecular formula is C15H21NO. The van der Waals surface area contributed by atoms with Gasteiger partial charge in [0.05, 0.1) is 0 Å². The number of carbonyl (C=O) groups is 1. The molecule has 0 saturated carbocycles. The third kappa shape index (κ3) is 4.94. The summed E-state index contributed by atoms with van der Waals surface area (Å²) in [6.07, 6.45) is 2.67. The molecule has 92 valence electrons. The second kappa shape index (κ2) is 7.00. The lowest BCUT2D eigenvalue weighted by Crippen LogP contribution is -2.06. The highest BCUT2D eigenvalue weighted by atomic mass is 16.1. The van der Waals surface area contributed by atoms with Gasteiger partial charge in [-0.2, -0.15) is 0 Å². The Morgan fingerprint density at radius 2 is 1.88 bits per heavy atom. The van der Waals surface area contributed by atoms with Crippen LogP contribution in [0.25, 0.3) is 0 Å². The van der Waals surface area contributed by atoms with Gasteiger partial charge in [0.1, 0.15) is 0 Å². The second-order valence-electron chi connectivity index (χ2n) is 4.44. The van der Waals surface area contributed by atoms with Gasteiger partial charge in [-0.05, 0) is 20.3 Å². The zero-order valence-corrected chi connectivity index (χ0v) is 11.0. The summed E-state index contributed by atoms with van der Waals surface area (Å²) < 4.78 is 0. The van der Waals surface area contributed by atoms with Gasteiger partial charge in [-0.25, -0.2) is 0 Å². The molecule has 17 heavy (non-hydrogen) atoms. The van der Waals surface area contributed by atoms with Crippen molar-refractivity contribution in [3.63, 3.8) is 0 Å². The van der Waals surface area contributed by atoms with Gasteiger partial charge in [0.25, 0.3) is 0 Å². The summed E-state index contributed by atoms with van der Waals surface area (Å²) in [4.78, 5) is 16.3. The van der Waals surface area contributed by atoms with Crippen LogP contribution in [0.5, 0.6) is 0 Å². The first-order valence-corrected chi connectivity index (χ1v) is 6.23. The molecule has 0 amide bonds. The van der Waals surface area contributed by atoms with E-state index in [1.54, 1.807) is 0 Å². The van der Waals surface area contributed by atoms with E-state index in [0.717, 1.165) is 30.7 Å². The fourth-order valence-electron chi connectivity index (χ4n) is 1.56. The summed E-state index contributed by atoms with van der Waals surface area (Å²) in [5.41, 5.74) is 2.89. The van der Waals surface area contributed by atoms with E-state index in [1.807, 2.05) is 38.1 Å². The van der Waals surface area contributed by atoms with Crippen molar-refractivity contribution in [2.45, 2.75) is 40.0 Å². The van der Waals surface area contributed by atoms with Crippen LogP contribution in [-0.4, -0.2) is 18.0 Å². The van der Waals surface area contributed by atoms with Crippen molar-refractivity contribution in [2.24, 2.45) is 4.99 Å². The van der Waals surface area contributed by atoms with Crippen molar-refractivity contribution >= 4 is 11.5 Å². The summed E-state index contributed by atoms with van der Waals surface area (Å²) in [7, 11) is 0. The average Bonchev–Trinajstić information content (AvgIpc) is 2.30. The lowest BCUT2D eigenvalue weighted by atomic mass is 10.0. The maximum absolute atomic E-state index is 11.9. The standard InChI is InChI=1S/C15H21NO/c1-4-5-10-16-13(3)11-15(17)14-8-6-12(2)7-9-14/h6-9H,4-5,10-11H2,1-3H3/b16-13+. The predicted octanol–water partition coefficient (Wildman–Crippen LogP) is 3.83. The van der Waals surface area contributed by atoms with Crippen molar-refractivity contribution in [3.8, 4) is 0 Å². The number of aryl methyl sites for hydroxylation is 1. The van der Waals surface area contributed by atoms with Crippen LogP contribution in [0, 0.1) is 6.92 Å². The molecule has 0 N–H and O–H groups in total. The molecule has 0 bridgehead atoms. The minimum Gasteiger partial charge on any atom is -0.294 e. The SMILES string of the molecule is CCCC/N=C(\C)CC(=O)c1ccc(C)cc1. The number of hydrogen-bond acceptors (Lipinski definition) is 2. The van der Waals surface area contributed by atoms with Crippen molar-refractivity contribution in [1.29, 1.82) is 0 Å². The summed E-state index contributed by atoms with van der Waals surface area (Å²) >= 11 is 0. The molecule has 2 nitrogen and oxygen atoms in total. The van der Waals surface area contributed by atoms with Crippen LogP contribution in [0.4, 0.5) is 0 Å². The smallest absolute Gasteiger partial charge is 0.168 e. The Morgan fingerprint density at radius 1 is 1.24 bits per heavy atom. The molecule has 0 aliphatic carbocycles. The summed E-state index contributed by atoms with van der Waals surface area (Å²) in [6, 6.07) is 7.71. The lowest BCUT2D eigenvalue weighted by molar-refractivity contribution is 0.100. The molecule has 0 fully saturated rings. The van der Waals surface area contributed by atoms with Crippen LogP contribution >= 0.6 is 0 Å². The quantitative estimate of drug-likeness (QED) is 0.415. The number of nitrogens with zero attached hydrogens (tertiary/aromatic N) is 1. The van der Waals surface area contributed by atoms with Gasteiger partial charge in [0.2, 0.25) is 0 Å². The molecule has 0 heterocycles. The van der Waals surface area contributed by atoms with E-state index in [4.69, 9.17) is 0 Å². The molecule has 1 aromatic carbocycles. The number of benzene rings is 1. The van der Waals surface area contributed by atoms with E-state index in [1.165, 1.54) is 5.56 Å². The van der Waals surface area contributed by atoms with Crippen LogP contribution in [-0.2, 0) is 0 Å². The molecule has 0 aromatic heterocycles. The molecule has 1 aromatic rings. The van der Waals surface area contributed by atoms with Gasteiger partial charge in [-0.1, -0.05) is 43.2 Å². The molecule has 0 radical (unpaired) electrons. The zero-order chi connectivity index (χ0) is 12.7. The minimum atomic E-state index is 0.155. The highest BCUT2D eigenvalue weighted by molar-refractivity contribution is 6.08. The summed E-state index contributed by atoms with van der Waals surface area (Å²) in [5.74, 6) is 0.155. The van der Waals surface area contributed by atoms with E-state index in [-0.39, 0.29) is 5.78 Å². The lowest BCUT2D eigenvalue weighted by Gasteiger charge is -2.02. The van der Waals surface area contributed by atoms with Gasteiger partial charge >= 0.3 is 0 Å². The Morgan fingerprint density at radius 3 is 2.47 bits per heavy atom. The predicted molar refractivity (Wildman–Crippen MR) is 73.0 cm³/mol. The molecule has 0 spiro atoms.